The van der Waals surface area contributed by atoms with Crippen molar-refractivity contribution >= 4 is 34.8 Å². The summed E-state index contributed by atoms with van der Waals surface area (Å²) in [7, 11) is 0. The molecule has 3 aromatic rings. The average Bonchev–Trinajstić information content (AvgIpc) is 2.83. The molecular formula is C29H37ClN2O. The first kappa shape index (κ1) is 25.3. The number of hydrogen-bond acceptors (Lipinski definition) is 2. The molecular weight excluding hydrogens is 428 g/mol. The Morgan fingerprint density at radius 1 is 0.879 bits per heavy atom. The van der Waals surface area contributed by atoms with Crippen LogP contribution < -0.4 is 10.2 Å². The van der Waals surface area contributed by atoms with Crippen molar-refractivity contribution < 1.29 is 4.79 Å². The van der Waals surface area contributed by atoms with E-state index in [0.29, 0.717) is 6.42 Å². The summed E-state index contributed by atoms with van der Waals surface area (Å²) in [4.78, 5) is 15.7. The molecule has 0 aromatic heterocycles. The monoisotopic (exact) mass is 464 g/mol. The van der Waals surface area contributed by atoms with Gasteiger partial charge in [0, 0.05) is 11.7 Å². The Bertz CT molecular complexity index is 1010. The number of halogens is 1. The average molecular weight is 465 g/mol. The molecule has 0 bridgehead atoms. The van der Waals surface area contributed by atoms with Gasteiger partial charge >= 0.3 is 0 Å². The Hall–Kier alpha value is -2.36. The van der Waals surface area contributed by atoms with Crippen molar-refractivity contribution in [2.75, 3.05) is 18.0 Å². The van der Waals surface area contributed by atoms with E-state index in [2.05, 4.69) is 83.9 Å². The maximum absolute atomic E-state index is 13.6. The van der Waals surface area contributed by atoms with E-state index in [4.69, 9.17) is 0 Å². The number of benzene rings is 3. The number of anilines is 1. The Labute approximate surface area is 205 Å². The number of hydrogen-bond donors (Lipinski definition) is 1. The molecule has 1 fully saturated rings. The Kier molecular flexibility index (Phi) is 9.77. The van der Waals surface area contributed by atoms with Gasteiger partial charge in [0.1, 0.15) is 0 Å². The van der Waals surface area contributed by atoms with Crippen molar-refractivity contribution in [1.29, 1.82) is 0 Å². The van der Waals surface area contributed by atoms with Crippen LogP contribution in [0.4, 0.5) is 5.69 Å². The van der Waals surface area contributed by atoms with Gasteiger partial charge in [0.2, 0.25) is 5.91 Å². The Morgan fingerprint density at radius 2 is 1.58 bits per heavy atom. The summed E-state index contributed by atoms with van der Waals surface area (Å²) in [6.07, 6.45) is 8.68. The molecule has 1 N–H and O–H groups in total. The van der Waals surface area contributed by atoms with Gasteiger partial charge in [-0.25, -0.2) is 0 Å². The molecule has 0 aliphatic carbocycles. The minimum atomic E-state index is 0. The van der Waals surface area contributed by atoms with Gasteiger partial charge in [-0.3, -0.25) is 4.79 Å². The number of nitrogens with one attached hydrogen (secondary N) is 1. The zero-order valence-electron chi connectivity index (χ0n) is 19.8. The third-order valence-corrected chi connectivity index (χ3v) is 6.65. The lowest BCUT2D eigenvalue weighted by Gasteiger charge is -2.35. The van der Waals surface area contributed by atoms with Crippen molar-refractivity contribution in [2.45, 2.75) is 64.3 Å². The molecule has 33 heavy (non-hydrogen) atoms. The number of piperidine rings is 1. The molecule has 1 saturated heterocycles. The SMILES string of the molecule is CCCCCCc1ccc(N(C(=O)Cc2ccc3ccccc3c2)C2CCNCC2)cc1.Cl. The first-order chi connectivity index (χ1) is 15.7. The standard InChI is InChI=1S/C29H36N2O.ClH/c1-2-3-4-5-8-23-12-15-27(16-13-23)31(28-17-19-30-20-18-28)29(32)22-24-11-14-25-9-6-7-10-26(25)21-24;/h6-7,9-16,21,28,30H,2-5,8,17-20,22H2,1H3;1H. The summed E-state index contributed by atoms with van der Waals surface area (Å²) in [5.74, 6) is 0.197. The lowest BCUT2D eigenvalue weighted by Crippen LogP contribution is -2.47. The number of amides is 1. The third kappa shape index (κ3) is 6.82. The zero-order chi connectivity index (χ0) is 22.2. The van der Waals surface area contributed by atoms with E-state index >= 15 is 0 Å². The van der Waals surface area contributed by atoms with Crippen LogP contribution in [0.25, 0.3) is 10.8 Å². The molecule has 1 aliphatic rings. The van der Waals surface area contributed by atoms with E-state index in [1.807, 2.05) is 0 Å². The number of fused-ring (bicyclic) bond motifs is 1. The highest BCUT2D eigenvalue weighted by molar-refractivity contribution is 5.96. The van der Waals surface area contributed by atoms with Gasteiger partial charge in [0.15, 0.2) is 0 Å². The number of nitrogens with zero attached hydrogens (tertiary/aromatic N) is 1. The molecule has 3 nitrogen and oxygen atoms in total. The van der Waals surface area contributed by atoms with Gasteiger partial charge in [0.25, 0.3) is 0 Å². The van der Waals surface area contributed by atoms with E-state index in [1.54, 1.807) is 0 Å². The van der Waals surface area contributed by atoms with Crippen LogP contribution in [0.5, 0.6) is 0 Å². The van der Waals surface area contributed by atoms with E-state index in [9.17, 15) is 4.79 Å². The lowest BCUT2D eigenvalue weighted by atomic mass is 10.00. The van der Waals surface area contributed by atoms with Gasteiger partial charge in [-0.2, -0.15) is 0 Å². The van der Waals surface area contributed by atoms with Gasteiger partial charge < -0.3 is 10.2 Å². The fourth-order valence-corrected chi connectivity index (χ4v) is 4.81. The number of aryl methyl sites for hydroxylation is 1. The van der Waals surface area contributed by atoms with E-state index < -0.39 is 0 Å². The quantitative estimate of drug-likeness (QED) is 0.357. The van der Waals surface area contributed by atoms with E-state index in [1.165, 1.54) is 42.0 Å². The highest BCUT2D eigenvalue weighted by Crippen LogP contribution is 2.25. The van der Waals surface area contributed by atoms with E-state index in [-0.39, 0.29) is 24.4 Å². The summed E-state index contributed by atoms with van der Waals surface area (Å²) in [6.45, 7) is 4.19. The smallest absolute Gasteiger partial charge is 0.231 e. The molecule has 4 heteroatoms. The molecule has 1 aliphatic heterocycles. The van der Waals surface area contributed by atoms with Crippen molar-refractivity contribution in [2.24, 2.45) is 0 Å². The number of rotatable bonds is 9. The fraction of sp³-hybridized carbons (Fsp3) is 0.414. The second-order valence-electron chi connectivity index (χ2n) is 9.08. The van der Waals surface area contributed by atoms with Crippen LogP contribution >= 0.6 is 12.4 Å². The number of carbonyl (C=O) groups is 1. The molecule has 0 spiro atoms. The highest BCUT2D eigenvalue weighted by Gasteiger charge is 2.26. The second kappa shape index (κ2) is 12.8. The summed E-state index contributed by atoms with van der Waals surface area (Å²) in [6, 6.07) is 23.8. The predicted octanol–water partition coefficient (Wildman–Crippen LogP) is 6.71. The molecule has 0 unspecified atom stereocenters. The van der Waals surface area contributed by atoms with Crippen molar-refractivity contribution in [3.63, 3.8) is 0 Å². The van der Waals surface area contributed by atoms with Crippen LogP contribution in [-0.2, 0) is 17.6 Å². The van der Waals surface area contributed by atoms with Gasteiger partial charge in [0.05, 0.1) is 6.42 Å². The number of unbranched alkanes of at least 4 members (excludes halogenated alkanes) is 3. The van der Waals surface area contributed by atoms with Crippen LogP contribution in [0.15, 0.2) is 66.7 Å². The summed E-state index contributed by atoms with van der Waals surface area (Å²) < 4.78 is 0. The van der Waals surface area contributed by atoms with Crippen molar-refractivity contribution in [3.8, 4) is 0 Å². The molecule has 1 heterocycles. The number of carbonyl (C=O) groups excluding carboxylic acids is 1. The van der Waals surface area contributed by atoms with Crippen LogP contribution in [0, 0.1) is 0 Å². The minimum Gasteiger partial charge on any atom is -0.317 e. The van der Waals surface area contributed by atoms with Crippen molar-refractivity contribution in [1.82, 2.24) is 5.32 Å². The first-order valence-electron chi connectivity index (χ1n) is 12.3. The minimum absolute atomic E-state index is 0. The Morgan fingerprint density at radius 3 is 2.30 bits per heavy atom. The van der Waals surface area contributed by atoms with Gasteiger partial charge in [-0.1, -0.05) is 80.8 Å². The summed E-state index contributed by atoms with van der Waals surface area (Å²) >= 11 is 0. The highest BCUT2D eigenvalue weighted by atomic mass is 35.5. The van der Waals surface area contributed by atoms with Crippen LogP contribution in [-0.4, -0.2) is 25.0 Å². The van der Waals surface area contributed by atoms with Crippen LogP contribution in [0.3, 0.4) is 0 Å². The van der Waals surface area contributed by atoms with Gasteiger partial charge in [-0.15, -0.1) is 12.4 Å². The predicted molar refractivity (Wildman–Crippen MR) is 143 cm³/mol. The maximum Gasteiger partial charge on any atom is 0.231 e. The maximum atomic E-state index is 13.6. The normalized spacial score (nSPS) is 14.1. The Balaban J connectivity index is 0.00000306. The molecule has 1 amide bonds. The third-order valence-electron chi connectivity index (χ3n) is 6.65. The van der Waals surface area contributed by atoms with Crippen LogP contribution in [0.2, 0.25) is 0 Å². The molecule has 3 aromatic carbocycles. The topological polar surface area (TPSA) is 32.3 Å². The fourth-order valence-electron chi connectivity index (χ4n) is 4.81. The molecule has 0 atom stereocenters. The molecule has 0 radical (unpaired) electrons. The lowest BCUT2D eigenvalue weighted by molar-refractivity contribution is -0.118. The zero-order valence-corrected chi connectivity index (χ0v) is 20.6. The van der Waals surface area contributed by atoms with Gasteiger partial charge in [-0.05, 0) is 72.8 Å². The largest absolute Gasteiger partial charge is 0.317 e. The molecule has 0 saturated carbocycles. The second-order valence-corrected chi connectivity index (χ2v) is 9.08. The first-order valence-corrected chi connectivity index (χ1v) is 12.3. The summed E-state index contributed by atoms with van der Waals surface area (Å²) in [5.41, 5.74) is 3.50. The molecule has 176 valence electrons. The van der Waals surface area contributed by atoms with Crippen LogP contribution in [0.1, 0.15) is 56.6 Å². The van der Waals surface area contributed by atoms with Crippen molar-refractivity contribution in [3.05, 3.63) is 77.9 Å². The molecule has 4 rings (SSSR count). The van der Waals surface area contributed by atoms with E-state index in [0.717, 1.165) is 43.6 Å². The summed E-state index contributed by atoms with van der Waals surface area (Å²) in [5, 5.41) is 5.84.